The lowest BCUT2D eigenvalue weighted by Gasteiger charge is -1.97. The van der Waals surface area contributed by atoms with Gasteiger partial charge in [0, 0.05) is 15.3 Å². The molecule has 3 rings (SSSR count). The molecule has 106 valence electrons. The van der Waals surface area contributed by atoms with Crippen LogP contribution in [0.2, 0.25) is 0 Å². The molecule has 1 aromatic carbocycles. The summed E-state index contributed by atoms with van der Waals surface area (Å²) in [5.41, 5.74) is 2.04. The lowest BCUT2D eigenvalue weighted by atomic mass is 10.1. The average Bonchev–Trinajstić information content (AvgIpc) is 3.09. The van der Waals surface area contributed by atoms with Crippen molar-refractivity contribution in [2.24, 2.45) is 0 Å². The van der Waals surface area contributed by atoms with Gasteiger partial charge in [0.2, 0.25) is 5.82 Å². The van der Waals surface area contributed by atoms with Crippen LogP contribution in [0.5, 0.6) is 0 Å². The molecule has 0 aliphatic rings. The molecule has 2 aromatic heterocycles. The SMILES string of the molecule is Cc1ccc(/C=C(\Cl)c2nc(-c3ccccc3C)no2)s1. The molecule has 0 atom stereocenters. The van der Waals surface area contributed by atoms with Gasteiger partial charge in [0.05, 0.1) is 0 Å². The zero-order chi connectivity index (χ0) is 14.8. The van der Waals surface area contributed by atoms with E-state index in [2.05, 4.69) is 17.1 Å². The highest BCUT2D eigenvalue weighted by Crippen LogP contribution is 2.27. The average molecular weight is 317 g/mol. The third-order valence-electron chi connectivity index (χ3n) is 3.05. The van der Waals surface area contributed by atoms with Crippen LogP contribution >= 0.6 is 22.9 Å². The fraction of sp³-hybridized carbons (Fsp3) is 0.125. The highest BCUT2D eigenvalue weighted by atomic mass is 35.5. The largest absolute Gasteiger partial charge is 0.333 e. The summed E-state index contributed by atoms with van der Waals surface area (Å²) in [5, 5.41) is 4.46. The Kier molecular flexibility index (Phi) is 3.90. The van der Waals surface area contributed by atoms with Crippen LogP contribution in [0.15, 0.2) is 40.9 Å². The van der Waals surface area contributed by atoms with Crippen molar-refractivity contribution in [2.45, 2.75) is 13.8 Å². The minimum absolute atomic E-state index is 0.334. The quantitative estimate of drug-likeness (QED) is 0.670. The Morgan fingerprint density at radius 3 is 2.71 bits per heavy atom. The summed E-state index contributed by atoms with van der Waals surface area (Å²) < 4.78 is 5.26. The molecule has 0 bridgehead atoms. The van der Waals surface area contributed by atoms with Gasteiger partial charge in [-0.25, -0.2) is 0 Å². The number of halogens is 1. The van der Waals surface area contributed by atoms with Gasteiger partial charge in [-0.05, 0) is 37.6 Å². The van der Waals surface area contributed by atoms with Gasteiger partial charge < -0.3 is 4.52 Å². The fourth-order valence-electron chi connectivity index (χ4n) is 1.97. The lowest BCUT2D eigenvalue weighted by molar-refractivity contribution is 0.410. The molecule has 2 heterocycles. The number of hydrogen-bond acceptors (Lipinski definition) is 4. The number of rotatable bonds is 3. The van der Waals surface area contributed by atoms with E-state index >= 15 is 0 Å². The van der Waals surface area contributed by atoms with Crippen LogP contribution in [-0.4, -0.2) is 10.1 Å². The lowest BCUT2D eigenvalue weighted by Crippen LogP contribution is -1.85. The van der Waals surface area contributed by atoms with Gasteiger partial charge in [-0.15, -0.1) is 11.3 Å². The molecule has 0 spiro atoms. The summed E-state index contributed by atoms with van der Waals surface area (Å²) in [5.74, 6) is 0.887. The smallest absolute Gasteiger partial charge is 0.269 e. The third kappa shape index (κ3) is 3.06. The predicted molar refractivity (Wildman–Crippen MR) is 87.3 cm³/mol. The molecule has 3 nitrogen and oxygen atoms in total. The highest BCUT2D eigenvalue weighted by molar-refractivity contribution is 7.12. The molecule has 0 aliphatic carbocycles. The first kappa shape index (κ1) is 14.0. The number of thiophene rings is 1. The molecule has 0 unspecified atom stereocenters. The summed E-state index contributed by atoms with van der Waals surface area (Å²) in [6, 6.07) is 12.0. The molecule has 3 aromatic rings. The van der Waals surface area contributed by atoms with Gasteiger partial charge in [-0.1, -0.05) is 41.0 Å². The van der Waals surface area contributed by atoms with Crippen LogP contribution in [0.4, 0.5) is 0 Å². The Hall–Kier alpha value is -1.91. The van der Waals surface area contributed by atoms with E-state index in [4.69, 9.17) is 16.1 Å². The predicted octanol–water partition coefficient (Wildman–Crippen LogP) is 5.15. The Labute approximate surface area is 131 Å². The minimum Gasteiger partial charge on any atom is -0.333 e. The van der Waals surface area contributed by atoms with Crippen LogP contribution in [0.25, 0.3) is 22.5 Å². The first-order valence-electron chi connectivity index (χ1n) is 6.47. The van der Waals surface area contributed by atoms with Crippen molar-refractivity contribution >= 4 is 34.0 Å². The van der Waals surface area contributed by atoms with Crippen LogP contribution in [-0.2, 0) is 0 Å². The zero-order valence-corrected chi connectivity index (χ0v) is 13.2. The van der Waals surface area contributed by atoms with Crippen molar-refractivity contribution < 1.29 is 4.52 Å². The first-order valence-corrected chi connectivity index (χ1v) is 7.66. The minimum atomic E-state index is 0.334. The maximum absolute atomic E-state index is 6.26. The number of benzene rings is 1. The highest BCUT2D eigenvalue weighted by Gasteiger charge is 2.13. The zero-order valence-electron chi connectivity index (χ0n) is 11.6. The van der Waals surface area contributed by atoms with Gasteiger partial charge >= 0.3 is 0 Å². The second kappa shape index (κ2) is 5.84. The molecule has 0 saturated carbocycles. The van der Waals surface area contributed by atoms with E-state index in [1.807, 2.05) is 49.4 Å². The topological polar surface area (TPSA) is 38.9 Å². The molecule has 0 saturated heterocycles. The van der Waals surface area contributed by atoms with Crippen LogP contribution < -0.4 is 0 Å². The monoisotopic (exact) mass is 316 g/mol. The van der Waals surface area contributed by atoms with Gasteiger partial charge in [-0.3, -0.25) is 0 Å². The maximum atomic E-state index is 6.26. The Morgan fingerprint density at radius 1 is 1.19 bits per heavy atom. The van der Waals surface area contributed by atoms with Crippen LogP contribution in [0.1, 0.15) is 21.2 Å². The number of hydrogen-bond donors (Lipinski definition) is 0. The van der Waals surface area contributed by atoms with E-state index in [0.29, 0.717) is 16.7 Å². The normalized spacial score (nSPS) is 11.9. The molecule has 0 amide bonds. The summed E-state index contributed by atoms with van der Waals surface area (Å²) in [7, 11) is 0. The summed E-state index contributed by atoms with van der Waals surface area (Å²) in [6.45, 7) is 4.07. The number of aromatic nitrogens is 2. The Bertz CT molecular complexity index is 804. The molecular weight excluding hydrogens is 304 g/mol. The standard InChI is InChI=1S/C16H13ClN2OS/c1-10-5-3-4-6-13(10)15-18-16(20-19-15)14(17)9-12-8-7-11(2)21-12/h3-9H,1-2H3/b14-9-. The molecule has 21 heavy (non-hydrogen) atoms. The summed E-state index contributed by atoms with van der Waals surface area (Å²) >= 11 is 7.93. The van der Waals surface area contributed by atoms with E-state index in [0.717, 1.165) is 16.0 Å². The second-order valence-electron chi connectivity index (χ2n) is 4.68. The van der Waals surface area contributed by atoms with Gasteiger partial charge in [-0.2, -0.15) is 4.98 Å². The molecule has 0 radical (unpaired) electrons. The molecule has 0 N–H and O–H groups in total. The van der Waals surface area contributed by atoms with Crippen molar-refractivity contribution in [2.75, 3.05) is 0 Å². The Balaban J connectivity index is 1.91. The first-order chi connectivity index (χ1) is 10.1. The van der Waals surface area contributed by atoms with Crippen molar-refractivity contribution in [3.8, 4) is 11.4 Å². The van der Waals surface area contributed by atoms with Crippen LogP contribution in [0, 0.1) is 13.8 Å². The van der Waals surface area contributed by atoms with Crippen molar-refractivity contribution in [3.05, 3.63) is 57.6 Å². The molecule has 5 heteroatoms. The summed E-state index contributed by atoms with van der Waals surface area (Å²) in [4.78, 5) is 6.67. The van der Waals surface area contributed by atoms with E-state index in [1.54, 1.807) is 11.3 Å². The Morgan fingerprint density at radius 2 is 2.00 bits per heavy atom. The van der Waals surface area contributed by atoms with Crippen molar-refractivity contribution in [1.82, 2.24) is 10.1 Å². The van der Waals surface area contributed by atoms with Gasteiger partial charge in [0.15, 0.2) is 0 Å². The van der Waals surface area contributed by atoms with Crippen LogP contribution in [0.3, 0.4) is 0 Å². The number of nitrogens with zero attached hydrogens (tertiary/aromatic N) is 2. The fourth-order valence-corrected chi connectivity index (χ4v) is 3.05. The summed E-state index contributed by atoms with van der Waals surface area (Å²) in [6.07, 6.45) is 1.84. The third-order valence-corrected chi connectivity index (χ3v) is 4.26. The molecular formula is C16H13ClN2OS. The van der Waals surface area contributed by atoms with Gasteiger partial charge in [0.25, 0.3) is 5.89 Å². The number of aryl methyl sites for hydroxylation is 2. The van der Waals surface area contributed by atoms with Crippen molar-refractivity contribution in [1.29, 1.82) is 0 Å². The van der Waals surface area contributed by atoms with Gasteiger partial charge in [0.1, 0.15) is 5.03 Å². The maximum Gasteiger partial charge on any atom is 0.269 e. The van der Waals surface area contributed by atoms with E-state index in [-0.39, 0.29) is 0 Å². The van der Waals surface area contributed by atoms with Crippen molar-refractivity contribution in [3.63, 3.8) is 0 Å². The molecule has 0 aliphatic heterocycles. The molecule has 0 fully saturated rings. The van der Waals surface area contributed by atoms with E-state index in [1.165, 1.54) is 4.88 Å². The van der Waals surface area contributed by atoms with E-state index < -0.39 is 0 Å². The second-order valence-corrected chi connectivity index (χ2v) is 6.41. The van der Waals surface area contributed by atoms with E-state index in [9.17, 15) is 0 Å².